The zero-order chi connectivity index (χ0) is 28.6. The molecular weight excluding hydrogens is 516 g/mol. The molecule has 3 rings (SSSR count). The highest BCUT2D eigenvalue weighted by Crippen LogP contribution is 2.26. The number of aromatic nitrogens is 1. The number of hydrogen-bond donors (Lipinski definition) is 1. The summed E-state index contributed by atoms with van der Waals surface area (Å²) in [5, 5.41) is 3.47. The minimum Gasteiger partial charge on any atom is -0.444 e. The lowest BCUT2D eigenvalue weighted by atomic mass is 9.94. The molecule has 2 aromatic rings. The summed E-state index contributed by atoms with van der Waals surface area (Å²) in [6, 6.07) is 11.8. The predicted molar refractivity (Wildman–Crippen MR) is 154 cm³/mol. The van der Waals surface area contributed by atoms with E-state index in [9.17, 15) is 9.59 Å². The highest BCUT2D eigenvalue weighted by atomic mass is 35.5. The summed E-state index contributed by atoms with van der Waals surface area (Å²) < 4.78 is 11.1. The normalized spacial score (nSPS) is 15.6. The molecule has 0 saturated carbocycles. The van der Waals surface area contributed by atoms with Crippen molar-refractivity contribution in [2.45, 2.75) is 91.1 Å². The first-order chi connectivity index (χ1) is 18.3. The molecule has 0 unspecified atom stereocenters. The smallest absolute Gasteiger partial charge is 0.410 e. The van der Waals surface area contributed by atoms with Crippen LogP contribution < -0.4 is 5.32 Å². The average Bonchev–Trinajstić information content (AvgIpc) is 2.81. The number of alkyl carbamates (subject to hydrolysis) is 1. The van der Waals surface area contributed by atoms with Crippen molar-refractivity contribution in [3.05, 3.63) is 64.4 Å². The maximum atomic E-state index is 13.3. The van der Waals surface area contributed by atoms with Crippen molar-refractivity contribution in [3.63, 3.8) is 0 Å². The third kappa shape index (κ3) is 10.7. The maximum absolute atomic E-state index is 13.3. The van der Waals surface area contributed by atoms with E-state index in [1.807, 2.05) is 64.6 Å². The molecule has 2 heterocycles. The summed E-state index contributed by atoms with van der Waals surface area (Å²) in [5.41, 5.74) is 2.17. The van der Waals surface area contributed by atoms with Crippen molar-refractivity contribution < 1.29 is 19.1 Å². The van der Waals surface area contributed by atoms with Crippen LogP contribution in [0.4, 0.5) is 9.59 Å². The van der Waals surface area contributed by atoms with E-state index in [-0.39, 0.29) is 12.1 Å². The van der Waals surface area contributed by atoms with E-state index >= 15 is 0 Å². The molecule has 0 bridgehead atoms. The van der Waals surface area contributed by atoms with Crippen LogP contribution in [0.25, 0.3) is 0 Å². The second-order valence-electron chi connectivity index (χ2n) is 12.1. The second kappa shape index (κ2) is 13.5. The Labute approximate surface area is 238 Å². The lowest BCUT2D eigenvalue weighted by Crippen LogP contribution is -2.51. The number of ether oxygens (including phenoxy) is 2. The first kappa shape index (κ1) is 30.7. The van der Waals surface area contributed by atoms with Gasteiger partial charge in [0.05, 0.1) is 11.7 Å². The van der Waals surface area contributed by atoms with Crippen molar-refractivity contribution in [3.8, 4) is 0 Å². The van der Waals surface area contributed by atoms with Crippen molar-refractivity contribution in [1.82, 2.24) is 20.1 Å². The van der Waals surface area contributed by atoms with Crippen molar-refractivity contribution in [1.29, 1.82) is 0 Å². The van der Waals surface area contributed by atoms with Crippen LogP contribution in [0, 0.1) is 0 Å². The third-order valence-electron chi connectivity index (χ3n) is 6.19. The molecule has 8 nitrogen and oxygen atoms in total. The molecule has 1 aliphatic rings. The number of unbranched alkanes of at least 4 members (excludes halogenated alkanes) is 1. The fourth-order valence-electron chi connectivity index (χ4n) is 4.55. The highest BCUT2D eigenvalue weighted by molar-refractivity contribution is 6.30. The van der Waals surface area contributed by atoms with Crippen LogP contribution in [0.2, 0.25) is 5.02 Å². The Bertz CT molecular complexity index is 1110. The molecule has 39 heavy (non-hydrogen) atoms. The number of halogens is 1. The molecule has 2 amide bonds. The second-order valence-corrected chi connectivity index (χ2v) is 12.5. The molecule has 1 aromatic carbocycles. The molecule has 0 saturated heterocycles. The summed E-state index contributed by atoms with van der Waals surface area (Å²) in [7, 11) is 0. The van der Waals surface area contributed by atoms with E-state index in [1.54, 1.807) is 12.3 Å². The van der Waals surface area contributed by atoms with Gasteiger partial charge >= 0.3 is 12.2 Å². The monoisotopic (exact) mass is 558 g/mol. The SMILES string of the molecule is CC(C)(C)OC(=O)NCCCCN(Cc1cc(Cl)ccn1)C[C@H]1Cc2ccccc2CN1C(=O)OC(C)(C)C. The molecule has 0 radical (unpaired) electrons. The minimum atomic E-state index is -0.579. The zero-order valence-corrected chi connectivity index (χ0v) is 24.9. The van der Waals surface area contributed by atoms with Gasteiger partial charge in [0.15, 0.2) is 0 Å². The number of carbonyl (C=O) groups is 2. The fourth-order valence-corrected chi connectivity index (χ4v) is 4.73. The molecule has 214 valence electrons. The van der Waals surface area contributed by atoms with Gasteiger partial charge in [-0.1, -0.05) is 35.9 Å². The van der Waals surface area contributed by atoms with Crippen molar-refractivity contribution in [2.24, 2.45) is 0 Å². The van der Waals surface area contributed by atoms with Gasteiger partial charge in [-0.15, -0.1) is 0 Å². The molecule has 1 aliphatic heterocycles. The fraction of sp³-hybridized carbons (Fsp3) is 0.567. The number of hydrogen-bond acceptors (Lipinski definition) is 6. The molecule has 1 atom stereocenters. The van der Waals surface area contributed by atoms with Crippen LogP contribution in [0.15, 0.2) is 42.6 Å². The molecule has 0 fully saturated rings. The third-order valence-corrected chi connectivity index (χ3v) is 6.42. The van der Waals surface area contributed by atoms with Crippen LogP contribution in [0.5, 0.6) is 0 Å². The standard InChI is InChI=1S/C30H43ClN4O4/c1-29(2,3)38-27(36)33-14-9-10-16-34(20-25-18-24(31)13-15-32-25)21-26-17-22-11-7-8-12-23(22)19-35(26)28(37)39-30(4,5)6/h7-8,11-13,15,18,26H,9-10,14,16-17,19-21H2,1-6H3,(H,33,36)/t26-/m1/s1. The van der Waals surface area contributed by atoms with Gasteiger partial charge in [-0.2, -0.15) is 0 Å². The van der Waals surface area contributed by atoms with Gasteiger partial charge < -0.3 is 14.8 Å². The Balaban J connectivity index is 1.71. The summed E-state index contributed by atoms with van der Waals surface area (Å²) in [5.74, 6) is 0. The summed E-state index contributed by atoms with van der Waals surface area (Å²) in [6.07, 6.45) is 3.40. The molecule has 9 heteroatoms. The zero-order valence-electron chi connectivity index (χ0n) is 24.1. The first-order valence-corrected chi connectivity index (χ1v) is 14.0. The van der Waals surface area contributed by atoms with E-state index in [4.69, 9.17) is 21.1 Å². The minimum absolute atomic E-state index is 0.0613. The van der Waals surface area contributed by atoms with Gasteiger partial charge in [-0.3, -0.25) is 14.8 Å². The Hall–Kier alpha value is -2.84. The van der Waals surface area contributed by atoms with E-state index in [2.05, 4.69) is 27.3 Å². The lowest BCUT2D eigenvalue weighted by Gasteiger charge is -2.40. The number of nitrogens with one attached hydrogen (secondary N) is 1. The number of fused-ring (bicyclic) bond motifs is 1. The average molecular weight is 559 g/mol. The Morgan fingerprint density at radius 3 is 2.41 bits per heavy atom. The number of nitrogens with zero attached hydrogens (tertiary/aromatic N) is 3. The van der Waals surface area contributed by atoms with E-state index in [1.165, 1.54) is 5.56 Å². The van der Waals surface area contributed by atoms with Gasteiger partial charge in [0, 0.05) is 37.4 Å². The van der Waals surface area contributed by atoms with Crippen LogP contribution in [-0.4, -0.2) is 63.8 Å². The largest absolute Gasteiger partial charge is 0.444 e. The number of amides is 2. The van der Waals surface area contributed by atoms with Gasteiger partial charge in [-0.25, -0.2) is 9.59 Å². The van der Waals surface area contributed by atoms with Crippen LogP contribution >= 0.6 is 11.6 Å². The van der Waals surface area contributed by atoms with E-state index < -0.39 is 17.3 Å². The quantitative estimate of drug-likeness (QED) is 0.369. The molecular formula is C30H43ClN4O4. The number of rotatable bonds is 9. The highest BCUT2D eigenvalue weighted by Gasteiger charge is 2.34. The number of pyridine rings is 1. The summed E-state index contributed by atoms with van der Waals surface area (Å²) in [4.78, 5) is 33.9. The Morgan fingerprint density at radius 2 is 1.74 bits per heavy atom. The molecule has 0 spiro atoms. The molecule has 0 aliphatic carbocycles. The van der Waals surface area contributed by atoms with Gasteiger partial charge in [0.1, 0.15) is 11.2 Å². The van der Waals surface area contributed by atoms with Gasteiger partial charge in [0.2, 0.25) is 0 Å². The number of carbonyl (C=O) groups excluding carboxylic acids is 2. The summed E-state index contributed by atoms with van der Waals surface area (Å²) in [6.45, 7) is 14.3. The van der Waals surface area contributed by atoms with Crippen LogP contribution in [0.1, 0.15) is 71.2 Å². The lowest BCUT2D eigenvalue weighted by molar-refractivity contribution is 0.00708. The first-order valence-electron chi connectivity index (χ1n) is 13.6. The van der Waals surface area contributed by atoms with Crippen molar-refractivity contribution >= 4 is 23.8 Å². The summed E-state index contributed by atoms with van der Waals surface area (Å²) >= 11 is 6.24. The molecule has 1 N–H and O–H groups in total. The van der Waals surface area contributed by atoms with Gasteiger partial charge in [-0.05, 0) is 90.6 Å². The van der Waals surface area contributed by atoms with Gasteiger partial charge in [0.25, 0.3) is 0 Å². The predicted octanol–water partition coefficient (Wildman–Crippen LogP) is 6.20. The van der Waals surface area contributed by atoms with Crippen molar-refractivity contribution in [2.75, 3.05) is 19.6 Å². The Morgan fingerprint density at radius 1 is 1.05 bits per heavy atom. The van der Waals surface area contributed by atoms with E-state index in [0.717, 1.165) is 37.1 Å². The molecule has 1 aromatic heterocycles. The maximum Gasteiger partial charge on any atom is 0.410 e. The number of benzene rings is 1. The van der Waals surface area contributed by atoms with Crippen LogP contribution in [-0.2, 0) is 29.0 Å². The van der Waals surface area contributed by atoms with Crippen LogP contribution in [0.3, 0.4) is 0 Å². The topological polar surface area (TPSA) is 84.0 Å². The van der Waals surface area contributed by atoms with E-state index in [0.29, 0.717) is 31.2 Å². The Kier molecular flexibility index (Phi) is 10.6.